The summed E-state index contributed by atoms with van der Waals surface area (Å²) >= 11 is 0. The fraction of sp³-hybridized carbons (Fsp3) is 0.393. The molecule has 3 unspecified atom stereocenters. The Hall–Kier alpha value is -2.77. The Morgan fingerprint density at radius 2 is 1.76 bits per heavy atom. The van der Waals surface area contributed by atoms with E-state index in [-0.39, 0.29) is 24.9 Å². The van der Waals surface area contributed by atoms with Gasteiger partial charge in [0.25, 0.3) is 5.91 Å². The number of likely N-dealkylation sites (tertiary alicyclic amines) is 1. The molecule has 4 N–H and O–H groups in total. The third-order valence-corrected chi connectivity index (χ3v) is 8.09. The molecule has 6 heteroatoms. The summed E-state index contributed by atoms with van der Waals surface area (Å²) < 4.78 is 0. The van der Waals surface area contributed by atoms with Crippen molar-refractivity contribution in [2.45, 2.75) is 49.5 Å². The van der Waals surface area contributed by atoms with E-state index in [1.165, 1.54) is 21.9 Å². The third kappa shape index (κ3) is 3.21. The molecule has 6 rings (SSSR count). The van der Waals surface area contributed by atoms with Crippen molar-refractivity contribution in [3.8, 4) is 0 Å². The van der Waals surface area contributed by atoms with Crippen molar-refractivity contribution in [3.05, 3.63) is 77.4 Å². The van der Waals surface area contributed by atoms with Crippen LogP contribution in [0.3, 0.4) is 0 Å². The van der Waals surface area contributed by atoms with E-state index in [0.717, 1.165) is 38.0 Å². The van der Waals surface area contributed by atoms with Crippen LogP contribution in [0.4, 0.5) is 5.69 Å². The predicted octanol–water partition coefficient (Wildman–Crippen LogP) is 2.85. The van der Waals surface area contributed by atoms with Gasteiger partial charge >= 0.3 is 0 Å². The summed E-state index contributed by atoms with van der Waals surface area (Å²) in [4.78, 5) is 17.9. The molecule has 6 nitrogen and oxygen atoms in total. The van der Waals surface area contributed by atoms with Gasteiger partial charge in [0, 0.05) is 43.7 Å². The van der Waals surface area contributed by atoms with Crippen LogP contribution in [0.25, 0.3) is 10.8 Å². The first-order valence-corrected chi connectivity index (χ1v) is 12.3. The summed E-state index contributed by atoms with van der Waals surface area (Å²) in [6, 6.07) is 21.0. The van der Waals surface area contributed by atoms with Crippen molar-refractivity contribution in [2.24, 2.45) is 5.73 Å². The summed E-state index contributed by atoms with van der Waals surface area (Å²) in [6.07, 6.45) is 1.70. The fourth-order valence-corrected chi connectivity index (χ4v) is 6.44. The summed E-state index contributed by atoms with van der Waals surface area (Å²) in [5, 5.41) is 24.3. The van der Waals surface area contributed by atoms with Gasteiger partial charge in [-0.05, 0) is 47.2 Å². The topological polar surface area (TPSA) is 90.0 Å². The van der Waals surface area contributed by atoms with Crippen LogP contribution in [0.1, 0.15) is 42.0 Å². The number of hydrogen-bond donors (Lipinski definition) is 3. The minimum atomic E-state index is -1.73. The van der Waals surface area contributed by atoms with Crippen molar-refractivity contribution in [3.63, 3.8) is 0 Å². The number of fused-ring (bicyclic) bond motifs is 1. The van der Waals surface area contributed by atoms with E-state index >= 15 is 0 Å². The number of amides is 1. The second kappa shape index (κ2) is 8.17. The van der Waals surface area contributed by atoms with E-state index in [4.69, 9.17) is 5.73 Å². The SMILES string of the molecule is NCC(O)CC1(O)C(=O)N(C2CCN(C3Cc4cccc5cccc3c45)CC2)c2ccccc21. The van der Waals surface area contributed by atoms with Gasteiger partial charge in [0.1, 0.15) is 0 Å². The number of anilines is 1. The van der Waals surface area contributed by atoms with E-state index < -0.39 is 11.7 Å². The Morgan fingerprint density at radius 3 is 2.53 bits per heavy atom. The Balaban J connectivity index is 1.23. The molecule has 3 aromatic rings. The lowest BCUT2D eigenvalue weighted by Crippen LogP contribution is -2.51. The molecule has 3 atom stereocenters. The second-order valence-corrected chi connectivity index (χ2v) is 10.00. The van der Waals surface area contributed by atoms with Crippen LogP contribution in [0.5, 0.6) is 0 Å². The zero-order chi connectivity index (χ0) is 23.4. The summed E-state index contributed by atoms with van der Waals surface area (Å²) in [6.45, 7) is 1.80. The Morgan fingerprint density at radius 1 is 1.03 bits per heavy atom. The van der Waals surface area contributed by atoms with Gasteiger partial charge in [-0.3, -0.25) is 9.69 Å². The zero-order valence-corrected chi connectivity index (χ0v) is 19.2. The normalized spacial score (nSPS) is 25.8. The van der Waals surface area contributed by atoms with Gasteiger partial charge in [0.2, 0.25) is 0 Å². The number of piperidine rings is 1. The van der Waals surface area contributed by atoms with Crippen molar-refractivity contribution in [1.29, 1.82) is 0 Å². The summed E-state index contributed by atoms with van der Waals surface area (Å²) in [5.41, 5.74) is 8.04. The first kappa shape index (κ1) is 21.7. The van der Waals surface area contributed by atoms with E-state index in [0.29, 0.717) is 11.6 Å². The average molecular weight is 458 g/mol. The molecule has 2 heterocycles. The molecular weight excluding hydrogens is 426 g/mol. The molecular formula is C28H31N3O3. The van der Waals surface area contributed by atoms with E-state index in [1.807, 2.05) is 18.2 Å². The molecule has 1 saturated heterocycles. The molecule has 176 valence electrons. The second-order valence-electron chi connectivity index (χ2n) is 10.00. The molecule has 3 aliphatic rings. The highest BCUT2D eigenvalue weighted by Crippen LogP contribution is 2.46. The average Bonchev–Trinajstić information content (AvgIpc) is 3.34. The van der Waals surface area contributed by atoms with Gasteiger partial charge in [0.05, 0.1) is 11.8 Å². The highest BCUT2D eigenvalue weighted by Gasteiger charge is 2.52. The molecule has 0 aromatic heterocycles. The van der Waals surface area contributed by atoms with Gasteiger partial charge in [-0.15, -0.1) is 0 Å². The molecule has 2 aliphatic heterocycles. The van der Waals surface area contributed by atoms with Crippen LogP contribution in [-0.4, -0.2) is 52.8 Å². The number of carbonyl (C=O) groups excluding carboxylic acids is 1. The Bertz CT molecular complexity index is 1250. The lowest BCUT2D eigenvalue weighted by atomic mass is 9.89. The number of rotatable bonds is 5. The number of carbonyl (C=O) groups is 1. The number of aliphatic hydroxyl groups is 2. The Labute approximate surface area is 199 Å². The van der Waals surface area contributed by atoms with Crippen LogP contribution in [0.2, 0.25) is 0 Å². The minimum absolute atomic E-state index is 0.00662. The number of nitrogens with two attached hydrogens (primary N) is 1. The number of para-hydroxylation sites is 1. The first-order chi connectivity index (χ1) is 16.5. The molecule has 0 spiro atoms. The highest BCUT2D eigenvalue weighted by molar-refractivity contribution is 6.07. The molecule has 0 radical (unpaired) electrons. The standard InChI is InChI=1S/C28H31N3O3/c29-17-21(32)16-28(34)23-9-1-2-10-24(23)31(27(28)33)20-11-13-30(14-12-20)25-15-19-7-3-5-18-6-4-8-22(25)26(18)19/h1-10,20-21,25,32,34H,11-17,29H2. The van der Waals surface area contributed by atoms with Crippen LogP contribution >= 0.6 is 0 Å². The van der Waals surface area contributed by atoms with Gasteiger partial charge < -0.3 is 20.8 Å². The lowest BCUT2D eigenvalue weighted by molar-refractivity contribution is -0.140. The fourth-order valence-electron chi connectivity index (χ4n) is 6.44. The highest BCUT2D eigenvalue weighted by atomic mass is 16.3. The van der Waals surface area contributed by atoms with Crippen molar-refractivity contribution >= 4 is 22.4 Å². The summed E-state index contributed by atoms with van der Waals surface area (Å²) in [7, 11) is 0. The van der Waals surface area contributed by atoms with Crippen LogP contribution in [0.15, 0.2) is 60.7 Å². The largest absolute Gasteiger partial charge is 0.392 e. The number of hydrogen-bond acceptors (Lipinski definition) is 5. The van der Waals surface area contributed by atoms with Crippen molar-refractivity contribution < 1.29 is 15.0 Å². The van der Waals surface area contributed by atoms with Crippen molar-refractivity contribution in [1.82, 2.24) is 4.90 Å². The smallest absolute Gasteiger partial charge is 0.264 e. The summed E-state index contributed by atoms with van der Waals surface area (Å²) in [5.74, 6) is -0.335. The van der Waals surface area contributed by atoms with Gasteiger partial charge in [0.15, 0.2) is 5.60 Å². The molecule has 34 heavy (non-hydrogen) atoms. The third-order valence-electron chi connectivity index (χ3n) is 8.09. The van der Waals surface area contributed by atoms with E-state index in [9.17, 15) is 15.0 Å². The molecule has 3 aromatic carbocycles. The quantitative estimate of drug-likeness (QED) is 0.548. The van der Waals surface area contributed by atoms with E-state index in [2.05, 4.69) is 41.3 Å². The maximum absolute atomic E-state index is 13.6. The zero-order valence-electron chi connectivity index (χ0n) is 19.2. The van der Waals surface area contributed by atoms with Crippen molar-refractivity contribution in [2.75, 3.05) is 24.5 Å². The number of nitrogens with zero attached hydrogens (tertiary/aromatic N) is 2. The van der Waals surface area contributed by atoms with Crippen LogP contribution in [0, 0.1) is 0 Å². The van der Waals surface area contributed by atoms with Crippen LogP contribution in [-0.2, 0) is 16.8 Å². The molecule has 1 amide bonds. The molecule has 1 fully saturated rings. The number of aliphatic hydroxyl groups excluding tert-OH is 1. The molecule has 1 aliphatic carbocycles. The lowest BCUT2D eigenvalue weighted by Gasteiger charge is -2.40. The maximum Gasteiger partial charge on any atom is 0.264 e. The number of benzene rings is 3. The van der Waals surface area contributed by atoms with E-state index in [1.54, 1.807) is 11.0 Å². The monoisotopic (exact) mass is 457 g/mol. The van der Waals surface area contributed by atoms with Gasteiger partial charge in [-0.1, -0.05) is 54.6 Å². The molecule has 0 bridgehead atoms. The van der Waals surface area contributed by atoms with Crippen LogP contribution < -0.4 is 10.6 Å². The minimum Gasteiger partial charge on any atom is -0.392 e. The van der Waals surface area contributed by atoms with Gasteiger partial charge in [-0.25, -0.2) is 0 Å². The van der Waals surface area contributed by atoms with Gasteiger partial charge in [-0.2, -0.15) is 0 Å². The maximum atomic E-state index is 13.6. The first-order valence-electron chi connectivity index (χ1n) is 12.3. The predicted molar refractivity (Wildman–Crippen MR) is 132 cm³/mol. The molecule has 0 saturated carbocycles. The Kier molecular flexibility index (Phi) is 5.22.